The van der Waals surface area contributed by atoms with E-state index in [1.807, 2.05) is 0 Å². The van der Waals surface area contributed by atoms with Crippen LogP contribution in [0.2, 0.25) is 0 Å². The Morgan fingerprint density at radius 2 is 2.04 bits per heavy atom. The van der Waals surface area contributed by atoms with Gasteiger partial charge in [0.2, 0.25) is 5.91 Å². The maximum absolute atomic E-state index is 12.1. The Balaban J connectivity index is 2.05. The number of carboxylic acids is 2. The van der Waals surface area contributed by atoms with Gasteiger partial charge in [0.15, 0.2) is 0 Å². The van der Waals surface area contributed by atoms with Gasteiger partial charge in [-0.3, -0.25) is 9.35 Å². The fourth-order valence-corrected chi connectivity index (χ4v) is 3.85. The number of fused-ring (bicyclic) bond motifs is 1. The van der Waals surface area contributed by atoms with Crippen molar-refractivity contribution in [3.05, 3.63) is 22.1 Å². The molecule has 0 spiro atoms. The monoisotopic (exact) mass is 379 g/mol. The van der Waals surface area contributed by atoms with Crippen molar-refractivity contribution in [1.29, 1.82) is 0 Å². The summed E-state index contributed by atoms with van der Waals surface area (Å²) >= 11 is 0.905. The summed E-state index contributed by atoms with van der Waals surface area (Å²) in [5.74, 6) is -3.58. The van der Waals surface area contributed by atoms with Gasteiger partial charge in [-0.2, -0.15) is 8.42 Å². The van der Waals surface area contributed by atoms with Crippen LogP contribution < -0.4 is 0 Å². The molecule has 24 heavy (non-hydrogen) atoms. The minimum Gasteiger partial charge on any atom is -0.478 e. The molecule has 0 saturated carbocycles. The molecule has 0 radical (unpaired) electrons. The molecule has 0 aromatic heterocycles. The summed E-state index contributed by atoms with van der Waals surface area (Å²) < 4.78 is 33.6. The van der Waals surface area contributed by atoms with E-state index in [0.717, 1.165) is 22.7 Å². The van der Waals surface area contributed by atoms with Gasteiger partial charge in [0, 0.05) is 17.4 Å². The van der Waals surface area contributed by atoms with Crippen molar-refractivity contribution in [2.45, 2.75) is 18.9 Å². The van der Waals surface area contributed by atoms with Crippen LogP contribution in [0.4, 0.5) is 0 Å². The Kier molecular flexibility index (Phi) is 5.32. The summed E-state index contributed by atoms with van der Waals surface area (Å²) in [6.07, 6.45) is 1.08. The first-order valence-corrected chi connectivity index (χ1v) is 8.83. The second kappa shape index (κ2) is 6.93. The highest BCUT2D eigenvalue weighted by atomic mass is 32.3. The minimum absolute atomic E-state index is 0.00952. The number of β-lactam (4-membered cyclic amide) rings is 1. The van der Waals surface area contributed by atoms with Crippen LogP contribution in [0, 0.1) is 5.92 Å². The van der Waals surface area contributed by atoms with Crippen LogP contribution in [0.25, 0.3) is 0 Å². The standard InChI is InChI=1S/C12H13NO9S2/c14-9(15)2-4-23-8-5-7-6(1-3-22-24(19,20)21)11(16)13(7)10(8)12(17)18/h2,4,6-7H,1,3,5H2,(H,14,15)(H,17,18)(H,19,20,21)/b4-2-/t6-,7-/m1/s1. The lowest BCUT2D eigenvalue weighted by molar-refractivity contribution is -0.155. The summed E-state index contributed by atoms with van der Waals surface area (Å²) in [5.41, 5.74) is -0.197. The predicted molar refractivity (Wildman–Crippen MR) is 79.9 cm³/mol. The lowest BCUT2D eigenvalue weighted by atomic mass is 9.85. The molecule has 2 aliphatic heterocycles. The fraction of sp³-hybridized carbons (Fsp3) is 0.417. The molecular formula is C12H13NO9S2. The van der Waals surface area contributed by atoms with Crippen LogP contribution in [-0.2, 0) is 29.0 Å². The van der Waals surface area contributed by atoms with E-state index in [-0.39, 0.29) is 18.5 Å². The molecule has 2 aliphatic rings. The number of nitrogens with zero attached hydrogens (tertiary/aromatic N) is 1. The third kappa shape index (κ3) is 3.95. The van der Waals surface area contributed by atoms with Crippen molar-refractivity contribution in [1.82, 2.24) is 4.90 Å². The second-order valence-electron chi connectivity index (χ2n) is 4.96. The zero-order valence-corrected chi connectivity index (χ0v) is 13.6. The molecule has 10 nitrogen and oxygen atoms in total. The Morgan fingerprint density at radius 3 is 2.58 bits per heavy atom. The van der Waals surface area contributed by atoms with Crippen LogP contribution in [0.1, 0.15) is 12.8 Å². The molecule has 1 saturated heterocycles. The number of hydrogen-bond acceptors (Lipinski definition) is 7. The van der Waals surface area contributed by atoms with Crippen LogP contribution in [0.3, 0.4) is 0 Å². The van der Waals surface area contributed by atoms with E-state index in [2.05, 4.69) is 4.18 Å². The lowest BCUT2D eigenvalue weighted by Crippen LogP contribution is -2.58. The highest BCUT2D eigenvalue weighted by molar-refractivity contribution is 8.05. The van der Waals surface area contributed by atoms with Gasteiger partial charge in [-0.15, -0.1) is 0 Å². The van der Waals surface area contributed by atoms with E-state index in [1.54, 1.807) is 0 Å². The molecule has 0 aliphatic carbocycles. The van der Waals surface area contributed by atoms with Crippen LogP contribution in [0.15, 0.2) is 22.1 Å². The molecule has 2 rings (SSSR count). The summed E-state index contributed by atoms with van der Waals surface area (Å²) in [6.45, 7) is -0.399. The quantitative estimate of drug-likeness (QED) is 0.299. The first-order valence-electron chi connectivity index (χ1n) is 6.59. The van der Waals surface area contributed by atoms with Crippen LogP contribution >= 0.6 is 11.8 Å². The van der Waals surface area contributed by atoms with E-state index in [9.17, 15) is 27.9 Å². The molecule has 3 N–H and O–H groups in total. The van der Waals surface area contributed by atoms with Gasteiger partial charge in [-0.05, 0) is 11.8 Å². The summed E-state index contributed by atoms with van der Waals surface area (Å²) in [7, 11) is -4.60. The largest absolute Gasteiger partial charge is 0.478 e. The number of carbonyl (C=O) groups is 3. The third-order valence-electron chi connectivity index (χ3n) is 3.53. The summed E-state index contributed by atoms with van der Waals surface area (Å²) in [6, 6.07) is -0.450. The van der Waals surface area contributed by atoms with Gasteiger partial charge in [-0.1, -0.05) is 11.8 Å². The van der Waals surface area contributed by atoms with Gasteiger partial charge < -0.3 is 15.1 Å². The van der Waals surface area contributed by atoms with Crippen molar-refractivity contribution in [3.63, 3.8) is 0 Å². The van der Waals surface area contributed by atoms with Gasteiger partial charge in [0.25, 0.3) is 0 Å². The van der Waals surface area contributed by atoms with Crippen molar-refractivity contribution >= 4 is 40.0 Å². The van der Waals surface area contributed by atoms with E-state index < -0.39 is 46.8 Å². The molecule has 0 bridgehead atoms. The first kappa shape index (κ1) is 18.4. The molecule has 132 valence electrons. The molecule has 0 unspecified atom stereocenters. The van der Waals surface area contributed by atoms with Crippen LogP contribution in [0.5, 0.6) is 0 Å². The van der Waals surface area contributed by atoms with Gasteiger partial charge >= 0.3 is 22.3 Å². The topological polar surface area (TPSA) is 159 Å². The average Bonchev–Trinajstić information content (AvgIpc) is 2.77. The summed E-state index contributed by atoms with van der Waals surface area (Å²) in [4.78, 5) is 35.3. The van der Waals surface area contributed by atoms with Gasteiger partial charge in [0.05, 0.1) is 18.6 Å². The highest BCUT2D eigenvalue weighted by Gasteiger charge is 2.54. The summed E-state index contributed by atoms with van der Waals surface area (Å²) in [5, 5.41) is 19.0. The van der Waals surface area contributed by atoms with E-state index >= 15 is 0 Å². The van der Waals surface area contributed by atoms with E-state index in [0.29, 0.717) is 4.91 Å². The lowest BCUT2D eigenvalue weighted by Gasteiger charge is -2.43. The van der Waals surface area contributed by atoms with Crippen LogP contribution in [-0.4, -0.2) is 58.6 Å². The van der Waals surface area contributed by atoms with Crippen molar-refractivity contribution < 1.29 is 41.8 Å². The molecule has 2 atom stereocenters. The maximum atomic E-state index is 12.1. The predicted octanol–water partition coefficient (Wildman–Crippen LogP) is 0.0543. The maximum Gasteiger partial charge on any atom is 0.397 e. The molecule has 0 aromatic carbocycles. The number of carboxylic acid groups (broad SMARTS) is 2. The fourth-order valence-electron chi connectivity index (χ4n) is 2.63. The first-order chi connectivity index (χ1) is 11.1. The molecule has 1 amide bonds. The van der Waals surface area contributed by atoms with Gasteiger partial charge in [-0.25, -0.2) is 13.8 Å². The van der Waals surface area contributed by atoms with E-state index in [1.165, 1.54) is 5.41 Å². The number of rotatable bonds is 8. The highest BCUT2D eigenvalue weighted by Crippen LogP contribution is 2.47. The average molecular weight is 379 g/mol. The number of thioether (sulfide) groups is 1. The molecule has 0 aromatic rings. The zero-order valence-electron chi connectivity index (χ0n) is 12.0. The van der Waals surface area contributed by atoms with Crippen molar-refractivity contribution in [3.8, 4) is 0 Å². The van der Waals surface area contributed by atoms with Gasteiger partial charge in [0.1, 0.15) is 5.70 Å². The number of amides is 1. The Bertz CT molecular complexity index is 740. The minimum atomic E-state index is -4.60. The zero-order chi connectivity index (χ0) is 18.1. The van der Waals surface area contributed by atoms with Crippen molar-refractivity contribution in [2.75, 3.05) is 6.61 Å². The smallest absolute Gasteiger partial charge is 0.397 e. The molecule has 2 heterocycles. The molecule has 12 heteroatoms. The number of hydrogen-bond donors (Lipinski definition) is 3. The second-order valence-corrected chi connectivity index (χ2v) is 7.05. The Labute approximate surface area is 140 Å². The normalized spacial score (nSPS) is 23.5. The molecular weight excluding hydrogens is 366 g/mol. The number of carbonyl (C=O) groups excluding carboxylic acids is 1. The Hall–Kier alpha value is -1.89. The molecule has 1 fully saturated rings. The number of aliphatic carboxylic acids is 2. The SMILES string of the molecule is O=C(O)/C=C\SC1=C(C(=O)O)N2C(=O)[C@H](CCOS(=O)(=O)O)[C@H]2C1. The van der Waals surface area contributed by atoms with Crippen molar-refractivity contribution in [2.24, 2.45) is 5.92 Å². The van der Waals surface area contributed by atoms with E-state index in [4.69, 9.17) is 9.66 Å². The Morgan fingerprint density at radius 1 is 1.38 bits per heavy atom. The third-order valence-corrected chi connectivity index (χ3v) is 4.92.